The van der Waals surface area contributed by atoms with Crippen molar-refractivity contribution in [2.24, 2.45) is 0 Å². The van der Waals surface area contributed by atoms with Crippen molar-refractivity contribution in [3.63, 3.8) is 0 Å². The lowest BCUT2D eigenvalue weighted by Crippen LogP contribution is -1.95. The molecule has 0 atom stereocenters. The summed E-state index contributed by atoms with van der Waals surface area (Å²) >= 11 is 3.80. The number of thiol groups is 1. The van der Waals surface area contributed by atoms with Crippen LogP contribution >= 0.6 is 12.6 Å². The average molecular weight is 180 g/mol. The molecule has 0 aliphatic heterocycles. The maximum atomic E-state index is 11.0. The van der Waals surface area contributed by atoms with Gasteiger partial charge in [-0.15, -0.1) is 12.6 Å². The van der Waals surface area contributed by atoms with Crippen LogP contribution in [0.1, 0.15) is 27.0 Å². The van der Waals surface area contributed by atoms with Crippen molar-refractivity contribution in [1.82, 2.24) is 0 Å². The van der Waals surface area contributed by atoms with Gasteiger partial charge in [-0.05, 0) is 43.5 Å². The van der Waals surface area contributed by atoms with Gasteiger partial charge >= 0.3 is 0 Å². The third-order valence-electron chi connectivity index (χ3n) is 2.07. The van der Waals surface area contributed by atoms with Gasteiger partial charge in [0.05, 0.1) is 0 Å². The molecule has 1 aromatic rings. The largest absolute Gasteiger partial charge is 0.282 e. The van der Waals surface area contributed by atoms with Gasteiger partial charge in [0, 0.05) is 5.56 Å². The standard InChI is InChI=1S/C10H12OS/c1-6-4-8(3)9(10(11)12)5-7(6)2/h4-5H,1-3H3,(H,11,12). The number of rotatable bonds is 1. The molecular weight excluding hydrogens is 168 g/mol. The highest BCUT2D eigenvalue weighted by atomic mass is 32.1. The highest BCUT2D eigenvalue weighted by Gasteiger charge is 2.05. The molecule has 0 amide bonds. The van der Waals surface area contributed by atoms with Gasteiger partial charge in [-0.3, -0.25) is 4.79 Å². The highest BCUT2D eigenvalue weighted by Crippen LogP contribution is 2.16. The van der Waals surface area contributed by atoms with E-state index >= 15 is 0 Å². The van der Waals surface area contributed by atoms with E-state index in [0.717, 1.165) is 11.1 Å². The van der Waals surface area contributed by atoms with Crippen LogP contribution in [0, 0.1) is 20.8 Å². The summed E-state index contributed by atoms with van der Waals surface area (Å²) in [5.41, 5.74) is 4.06. The molecule has 0 spiro atoms. The van der Waals surface area contributed by atoms with E-state index in [1.54, 1.807) is 0 Å². The predicted molar refractivity (Wildman–Crippen MR) is 54.0 cm³/mol. The summed E-state index contributed by atoms with van der Waals surface area (Å²) in [4.78, 5) is 11.0. The second-order valence-electron chi connectivity index (χ2n) is 3.06. The Bertz CT molecular complexity index is 329. The van der Waals surface area contributed by atoms with Crippen molar-refractivity contribution >= 4 is 17.7 Å². The van der Waals surface area contributed by atoms with Crippen LogP contribution in [-0.2, 0) is 0 Å². The Kier molecular flexibility index (Phi) is 2.58. The molecule has 64 valence electrons. The van der Waals surface area contributed by atoms with Gasteiger partial charge in [-0.25, -0.2) is 0 Å². The number of hydrogen-bond acceptors (Lipinski definition) is 1. The number of benzene rings is 1. The minimum atomic E-state index is -0.157. The molecule has 0 heterocycles. The molecule has 0 N–H and O–H groups in total. The van der Waals surface area contributed by atoms with E-state index in [1.807, 2.05) is 32.9 Å². The fraction of sp³-hybridized carbons (Fsp3) is 0.300. The Hall–Kier alpha value is -0.760. The molecule has 0 aliphatic rings. The Morgan fingerprint density at radius 1 is 1.08 bits per heavy atom. The van der Waals surface area contributed by atoms with E-state index in [2.05, 4.69) is 12.6 Å². The summed E-state index contributed by atoms with van der Waals surface area (Å²) in [5, 5.41) is -0.157. The highest BCUT2D eigenvalue weighted by molar-refractivity contribution is 7.97. The average Bonchev–Trinajstić information content (AvgIpc) is 1.96. The van der Waals surface area contributed by atoms with Crippen LogP contribution < -0.4 is 0 Å². The topological polar surface area (TPSA) is 17.1 Å². The number of hydrogen-bond donors (Lipinski definition) is 1. The van der Waals surface area contributed by atoms with E-state index in [9.17, 15) is 4.79 Å². The number of carbonyl (C=O) groups is 1. The van der Waals surface area contributed by atoms with Crippen molar-refractivity contribution < 1.29 is 4.79 Å². The Morgan fingerprint density at radius 3 is 2.08 bits per heavy atom. The first-order chi connectivity index (χ1) is 5.52. The van der Waals surface area contributed by atoms with Crippen LogP contribution in [-0.4, -0.2) is 5.12 Å². The first kappa shape index (κ1) is 9.33. The van der Waals surface area contributed by atoms with Crippen LogP contribution in [0.3, 0.4) is 0 Å². The van der Waals surface area contributed by atoms with E-state index in [4.69, 9.17) is 0 Å². The molecule has 1 nitrogen and oxygen atoms in total. The molecule has 0 aromatic heterocycles. The van der Waals surface area contributed by atoms with Gasteiger partial charge in [0.1, 0.15) is 0 Å². The summed E-state index contributed by atoms with van der Waals surface area (Å²) in [6, 6.07) is 3.90. The minimum absolute atomic E-state index is 0.157. The van der Waals surface area contributed by atoms with Crippen LogP contribution in [0.4, 0.5) is 0 Å². The molecule has 1 aromatic carbocycles. The normalized spacial score (nSPS) is 10.0. The second kappa shape index (κ2) is 3.31. The molecule has 0 bridgehead atoms. The summed E-state index contributed by atoms with van der Waals surface area (Å²) in [5.74, 6) is 0. The van der Waals surface area contributed by atoms with Crippen LogP contribution in [0.5, 0.6) is 0 Å². The van der Waals surface area contributed by atoms with Crippen LogP contribution in [0.25, 0.3) is 0 Å². The lowest BCUT2D eigenvalue weighted by Gasteiger charge is -2.05. The monoisotopic (exact) mass is 180 g/mol. The molecule has 0 radical (unpaired) electrons. The van der Waals surface area contributed by atoms with Crippen LogP contribution in [0.15, 0.2) is 12.1 Å². The summed E-state index contributed by atoms with van der Waals surface area (Å²) in [7, 11) is 0. The van der Waals surface area contributed by atoms with Crippen molar-refractivity contribution in [3.8, 4) is 0 Å². The van der Waals surface area contributed by atoms with Gasteiger partial charge in [-0.1, -0.05) is 6.07 Å². The van der Waals surface area contributed by atoms with E-state index in [-0.39, 0.29) is 5.12 Å². The zero-order chi connectivity index (χ0) is 9.30. The van der Waals surface area contributed by atoms with Crippen molar-refractivity contribution in [1.29, 1.82) is 0 Å². The van der Waals surface area contributed by atoms with Gasteiger partial charge in [0.25, 0.3) is 0 Å². The van der Waals surface area contributed by atoms with Crippen molar-refractivity contribution in [2.45, 2.75) is 20.8 Å². The number of carbonyl (C=O) groups excluding carboxylic acids is 1. The second-order valence-corrected chi connectivity index (χ2v) is 3.46. The number of aryl methyl sites for hydroxylation is 3. The summed E-state index contributed by atoms with van der Waals surface area (Å²) in [6.45, 7) is 5.96. The molecule has 12 heavy (non-hydrogen) atoms. The van der Waals surface area contributed by atoms with Crippen molar-refractivity contribution in [2.75, 3.05) is 0 Å². The first-order valence-corrected chi connectivity index (χ1v) is 4.28. The van der Waals surface area contributed by atoms with Gasteiger partial charge < -0.3 is 0 Å². The quantitative estimate of drug-likeness (QED) is 0.657. The summed E-state index contributed by atoms with van der Waals surface area (Å²) < 4.78 is 0. The molecule has 2 heteroatoms. The molecule has 0 saturated carbocycles. The van der Waals surface area contributed by atoms with E-state index in [0.29, 0.717) is 5.56 Å². The first-order valence-electron chi connectivity index (χ1n) is 3.83. The smallest absolute Gasteiger partial charge is 0.216 e. The SMILES string of the molecule is Cc1cc(C)c(C(=O)S)cc1C. The molecule has 0 fully saturated rings. The van der Waals surface area contributed by atoms with Crippen LogP contribution in [0.2, 0.25) is 0 Å². The lowest BCUT2D eigenvalue weighted by atomic mass is 10.0. The molecular formula is C10H12OS. The zero-order valence-electron chi connectivity index (χ0n) is 7.51. The lowest BCUT2D eigenvalue weighted by molar-refractivity contribution is 0.109. The summed E-state index contributed by atoms with van der Waals surface area (Å²) in [6.07, 6.45) is 0. The van der Waals surface area contributed by atoms with Crippen molar-refractivity contribution in [3.05, 3.63) is 34.4 Å². The third kappa shape index (κ3) is 1.69. The predicted octanol–water partition coefficient (Wildman–Crippen LogP) is 2.68. The molecule has 0 unspecified atom stereocenters. The molecule has 0 saturated heterocycles. The molecule has 1 rings (SSSR count). The molecule has 0 aliphatic carbocycles. The fourth-order valence-corrected chi connectivity index (χ4v) is 1.43. The zero-order valence-corrected chi connectivity index (χ0v) is 8.40. The maximum absolute atomic E-state index is 11.0. The minimum Gasteiger partial charge on any atom is -0.282 e. The Labute approximate surface area is 78.2 Å². The van der Waals surface area contributed by atoms with E-state index < -0.39 is 0 Å². The Morgan fingerprint density at radius 2 is 1.58 bits per heavy atom. The van der Waals surface area contributed by atoms with Gasteiger partial charge in [0.15, 0.2) is 0 Å². The van der Waals surface area contributed by atoms with Gasteiger partial charge in [0.2, 0.25) is 5.12 Å². The van der Waals surface area contributed by atoms with E-state index in [1.165, 1.54) is 5.56 Å². The maximum Gasteiger partial charge on any atom is 0.216 e. The third-order valence-corrected chi connectivity index (χ3v) is 2.31. The van der Waals surface area contributed by atoms with Gasteiger partial charge in [-0.2, -0.15) is 0 Å². The fourth-order valence-electron chi connectivity index (χ4n) is 1.19. The Balaban J connectivity index is 3.33.